The number of thioether (sulfide) groups is 1. The van der Waals surface area contributed by atoms with E-state index in [4.69, 9.17) is 0 Å². The number of hydrogen-bond donors (Lipinski definition) is 2. The third kappa shape index (κ3) is 5.32. The summed E-state index contributed by atoms with van der Waals surface area (Å²) in [4.78, 5) is 12.1. The minimum absolute atomic E-state index is 0.0672. The Labute approximate surface area is 134 Å². The molecule has 0 bridgehead atoms. The number of carbonyl (C=O) groups excluding carboxylic acids is 1. The number of hydrogen-bond acceptors (Lipinski definition) is 6. The molecule has 0 aliphatic heterocycles. The SMILES string of the molecule is CNc1nnc(S[C@H](C)C(=O)NCCC2=CCCCC2)s1. The van der Waals surface area contributed by atoms with E-state index < -0.39 is 0 Å². The maximum Gasteiger partial charge on any atom is 0.233 e. The zero-order valence-corrected chi connectivity index (χ0v) is 14.1. The summed E-state index contributed by atoms with van der Waals surface area (Å²) in [6, 6.07) is 0. The lowest BCUT2D eigenvalue weighted by Gasteiger charge is -2.14. The topological polar surface area (TPSA) is 66.9 Å². The van der Waals surface area contributed by atoms with E-state index >= 15 is 0 Å². The molecule has 5 nitrogen and oxygen atoms in total. The lowest BCUT2D eigenvalue weighted by atomic mass is 9.97. The second-order valence-corrected chi connectivity index (χ2v) is 7.60. The van der Waals surface area contributed by atoms with Crippen LogP contribution in [0.1, 0.15) is 39.0 Å². The van der Waals surface area contributed by atoms with Crippen molar-refractivity contribution in [2.45, 2.75) is 48.6 Å². The molecule has 0 saturated carbocycles. The number of aromatic nitrogens is 2. The van der Waals surface area contributed by atoms with Gasteiger partial charge in [-0.25, -0.2) is 0 Å². The molecule has 2 rings (SSSR count). The highest BCUT2D eigenvalue weighted by Crippen LogP contribution is 2.28. The Bertz CT molecular complexity index is 501. The Morgan fingerprint density at radius 3 is 3.00 bits per heavy atom. The summed E-state index contributed by atoms with van der Waals surface area (Å²) in [6.45, 7) is 2.63. The third-order valence-corrected chi connectivity index (χ3v) is 5.52. The fraction of sp³-hybridized carbons (Fsp3) is 0.643. The number of allylic oxidation sites excluding steroid dienone is 1. The van der Waals surface area contributed by atoms with E-state index in [0.29, 0.717) is 0 Å². The van der Waals surface area contributed by atoms with Crippen molar-refractivity contribution >= 4 is 34.1 Å². The van der Waals surface area contributed by atoms with Gasteiger partial charge in [-0.2, -0.15) is 0 Å². The van der Waals surface area contributed by atoms with Crippen LogP contribution in [0.4, 0.5) is 5.13 Å². The van der Waals surface area contributed by atoms with Gasteiger partial charge in [0.05, 0.1) is 5.25 Å². The smallest absolute Gasteiger partial charge is 0.233 e. The van der Waals surface area contributed by atoms with Crippen LogP contribution in [0.25, 0.3) is 0 Å². The van der Waals surface area contributed by atoms with Gasteiger partial charge in [0, 0.05) is 13.6 Å². The molecular formula is C14H22N4OS2. The molecule has 21 heavy (non-hydrogen) atoms. The Morgan fingerprint density at radius 1 is 1.48 bits per heavy atom. The fourth-order valence-corrected chi connectivity index (χ4v) is 4.06. The molecule has 0 spiro atoms. The van der Waals surface area contributed by atoms with Crippen molar-refractivity contribution in [3.05, 3.63) is 11.6 Å². The minimum atomic E-state index is -0.150. The molecule has 0 aromatic carbocycles. The zero-order valence-electron chi connectivity index (χ0n) is 12.5. The average Bonchev–Trinajstić information content (AvgIpc) is 2.96. The Hall–Kier alpha value is -1.08. The molecule has 0 unspecified atom stereocenters. The average molecular weight is 326 g/mol. The van der Waals surface area contributed by atoms with E-state index in [2.05, 4.69) is 26.9 Å². The maximum atomic E-state index is 12.1. The van der Waals surface area contributed by atoms with Crippen molar-refractivity contribution in [3.63, 3.8) is 0 Å². The molecule has 1 aliphatic rings. The Morgan fingerprint density at radius 2 is 2.33 bits per heavy atom. The number of nitrogens with one attached hydrogen (secondary N) is 2. The van der Waals surface area contributed by atoms with Gasteiger partial charge < -0.3 is 10.6 Å². The van der Waals surface area contributed by atoms with Crippen LogP contribution in [0.3, 0.4) is 0 Å². The number of anilines is 1. The second kappa shape index (κ2) is 8.38. The van der Waals surface area contributed by atoms with Gasteiger partial charge >= 0.3 is 0 Å². The van der Waals surface area contributed by atoms with Crippen molar-refractivity contribution in [1.29, 1.82) is 0 Å². The van der Waals surface area contributed by atoms with Gasteiger partial charge in [0.1, 0.15) is 0 Å². The molecule has 0 saturated heterocycles. The van der Waals surface area contributed by atoms with Gasteiger partial charge in [-0.15, -0.1) is 10.2 Å². The number of carbonyl (C=O) groups is 1. The van der Waals surface area contributed by atoms with Gasteiger partial charge in [-0.1, -0.05) is 34.7 Å². The molecule has 1 atom stereocenters. The zero-order chi connectivity index (χ0) is 15.1. The fourth-order valence-electron chi connectivity index (χ4n) is 2.18. The predicted octanol–water partition coefficient (Wildman–Crippen LogP) is 3.07. The van der Waals surface area contributed by atoms with Crippen LogP contribution in [-0.4, -0.2) is 34.9 Å². The van der Waals surface area contributed by atoms with Crippen molar-refractivity contribution in [3.8, 4) is 0 Å². The first-order valence-corrected chi connectivity index (χ1v) is 9.02. The molecule has 116 valence electrons. The normalized spacial score (nSPS) is 16.2. The van der Waals surface area contributed by atoms with Gasteiger partial charge in [0.25, 0.3) is 0 Å². The van der Waals surface area contributed by atoms with E-state index in [0.717, 1.165) is 22.4 Å². The Kier molecular flexibility index (Phi) is 6.50. The molecular weight excluding hydrogens is 304 g/mol. The summed E-state index contributed by atoms with van der Waals surface area (Å²) in [6.07, 6.45) is 8.29. The van der Waals surface area contributed by atoms with E-state index in [1.54, 1.807) is 0 Å². The number of rotatable bonds is 7. The molecule has 1 heterocycles. The summed E-state index contributed by atoms with van der Waals surface area (Å²) in [5.74, 6) is 0.0672. The van der Waals surface area contributed by atoms with Gasteiger partial charge in [-0.05, 0) is 39.0 Å². The first kappa shape index (κ1) is 16.3. The van der Waals surface area contributed by atoms with Crippen molar-refractivity contribution in [2.75, 3.05) is 18.9 Å². The monoisotopic (exact) mass is 326 g/mol. The second-order valence-electron chi connectivity index (χ2n) is 5.03. The summed E-state index contributed by atoms with van der Waals surface area (Å²) >= 11 is 2.92. The van der Waals surface area contributed by atoms with Gasteiger partial charge in [-0.3, -0.25) is 4.79 Å². The van der Waals surface area contributed by atoms with E-state index in [1.165, 1.54) is 54.4 Å². The number of amides is 1. The van der Waals surface area contributed by atoms with Crippen molar-refractivity contribution in [2.24, 2.45) is 0 Å². The van der Waals surface area contributed by atoms with Crippen LogP contribution < -0.4 is 10.6 Å². The minimum Gasteiger partial charge on any atom is -0.363 e. The van der Waals surface area contributed by atoms with Crippen LogP contribution >= 0.6 is 23.1 Å². The van der Waals surface area contributed by atoms with Crippen LogP contribution in [0.15, 0.2) is 16.0 Å². The van der Waals surface area contributed by atoms with Crippen LogP contribution in [0.5, 0.6) is 0 Å². The molecule has 0 fully saturated rings. The lowest BCUT2D eigenvalue weighted by molar-refractivity contribution is -0.120. The molecule has 1 aromatic rings. The van der Waals surface area contributed by atoms with Crippen LogP contribution in [-0.2, 0) is 4.79 Å². The molecule has 0 radical (unpaired) electrons. The molecule has 1 aromatic heterocycles. The summed E-state index contributed by atoms with van der Waals surface area (Å²) < 4.78 is 0.817. The van der Waals surface area contributed by atoms with Crippen LogP contribution in [0, 0.1) is 0 Å². The molecule has 1 amide bonds. The summed E-state index contributed by atoms with van der Waals surface area (Å²) in [7, 11) is 1.81. The van der Waals surface area contributed by atoms with Crippen LogP contribution in [0.2, 0.25) is 0 Å². The van der Waals surface area contributed by atoms with E-state index in [-0.39, 0.29) is 11.2 Å². The van der Waals surface area contributed by atoms with E-state index in [1.807, 2.05) is 14.0 Å². The lowest BCUT2D eigenvalue weighted by Crippen LogP contribution is -2.31. The van der Waals surface area contributed by atoms with Crippen molar-refractivity contribution < 1.29 is 4.79 Å². The Balaban J connectivity index is 1.70. The highest BCUT2D eigenvalue weighted by molar-refractivity contribution is 8.02. The van der Waals surface area contributed by atoms with Crippen molar-refractivity contribution in [1.82, 2.24) is 15.5 Å². The quantitative estimate of drug-likeness (QED) is 0.595. The highest BCUT2D eigenvalue weighted by atomic mass is 32.2. The third-order valence-electron chi connectivity index (χ3n) is 3.40. The molecule has 1 aliphatic carbocycles. The summed E-state index contributed by atoms with van der Waals surface area (Å²) in [5.41, 5.74) is 1.49. The first-order valence-electron chi connectivity index (χ1n) is 7.32. The predicted molar refractivity (Wildman–Crippen MR) is 89.0 cm³/mol. The number of nitrogens with zero attached hydrogens (tertiary/aromatic N) is 2. The standard InChI is InChI=1S/C14H22N4OS2/c1-10(20-14-18-17-13(15-2)21-14)12(19)16-9-8-11-6-4-3-5-7-11/h6,10H,3-5,7-9H2,1-2H3,(H,15,17)(H,16,19)/t10-/m1/s1. The molecule has 7 heteroatoms. The highest BCUT2D eigenvalue weighted by Gasteiger charge is 2.16. The van der Waals surface area contributed by atoms with E-state index in [9.17, 15) is 4.79 Å². The molecule has 2 N–H and O–H groups in total. The van der Waals surface area contributed by atoms with Gasteiger partial charge in [0.2, 0.25) is 11.0 Å². The van der Waals surface area contributed by atoms with Gasteiger partial charge in [0.15, 0.2) is 4.34 Å². The summed E-state index contributed by atoms with van der Waals surface area (Å²) in [5, 5.41) is 14.6. The largest absolute Gasteiger partial charge is 0.363 e. The maximum absolute atomic E-state index is 12.1. The first-order chi connectivity index (χ1) is 10.2.